The summed E-state index contributed by atoms with van der Waals surface area (Å²) in [6.07, 6.45) is 0.358. The average molecular weight is 200 g/mol. The minimum absolute atomic E-state index is 0.165. The molecule has 0 aromatic heterocycles. The molecule has 0 aliphatic heterocycles. The van der Waals surface area contributed by atoms with Crippen LogP contribution < -0.4 is 5.73 Å². The Balaban J connectivity index is 2.44. The van der Waals surface area contributed by atoms with Crippen LogP contribution in [0.5, 0.6) is 0 Å². The van der Waals surface area contributed by atoms with Crippen molar-refractivity contribution in [2.24, 2.45) is 17.6 Å². The maximum Gasteiger partial charge on any atom is 0.307 e. The number of amides is 2. The molecular weight excluding hydrogens is 188 g/mol. The van der Waals surface area contributed by atoms with E-state index in [1.165, 1.54) is 7.05 Å². The van der Waals surface area contributed by atoms with Gasteiger partial charge in [0, 0.05) is 7.05 Å². The lowest BCUT2D eigenvalue weighted by Gasteiger charge is -2.14. The van der Waals surface area contributed by atoms with Crippen LogP contribution >= 0.6 is 0 Å². The molecule has 1 aliphatic rings. The van der Waals surface area contributed by atoms with Crippen molar-refractivity contribution in [2.75, 3.05) is 13.6 Å². The van der Waals surface area contributed by atoms with Gasteiger partial charge in [0.2, 0.25) is 11.8 Å². The van der Waals surface area contributed by atoms with Gasteiger partial charge in [-0.1, -0.05) is 0 Å². The predicted molar refractivity (Wildman–Crippen MR) is 46.1 cm³/mol. The van der Waals surface area contributed by atoms with Crippen LogP contribution in [0, 0.1) is 11.8 Å². The first-order chi connectivity index (χ1) is 6.43. The largest absolute Gasteiger partial charge is 0.481 e. The maximum atomic E-state index is 11.4. The lowest BCUT2D eigenvalue weighted by atomic mass is 10.3. The van der Waals surface area contributed by atoms with Crippen molar-refractivity contribution in [1.29, 1.82) is 0 Å². The van der Waals surface area contributed by atoms with Gasteiger partial charge in [-0.05, 0) is 6.42 Å². The second kappa shape index (κ2) is 3.65. The summed E-state index contributed by atoms with van der Waals surface area (Å²) in [5, 5.41) is 8.57. The summed E-state index contributed by atoms with van der Waals surface area (Å²) in [5.74, 6) is -2.95. The van der Waals surface area contributed by atoms with Crippen molar-refractivity contribution in [2.45, 2.75) is 6.42 Å². The Bertz CT molecular complexity index is 285. The second-order valence-electron chi connectivity index (χ2n) is 3.45. The first kappa shape index (κ1) is 10.5. The topological polar surface area (TPSA) is 101 Å². The Hall–Kier alpha value is -1.59. The highest BCUT2D eigenvalue weighted by molar-refractivity contribution is 5.91. The average Bonchev–Trinajstić information content (AvgIpc) is 2.80. The van der Waals surface area contributed by atoms with Crippen LogP contribution in [0.2, 0.25) is 0 Å². The molecule has 0 saturated heterocycles. The molecule has 2 unspecified atom stereocenters. The molecular formula is C8H12N2O4. The van der Waals surface area contributed by atoms with Crippen molar-refractivity contribution in [3.05, 3.63) is 0 Å². The molecule has 78 valence electrons. The Labute approximate surface area is 80.7 Å². The molecule has 1 fully saturated rings. The van der Waals surface area contributed by atoms with Crippen LogP contribution in [0.1, 0.15) is 6.42 Å². The highest BCUT2D eigenvalue weighted by Gasteiger charge is 2.49. The van der Waals surface area contributed by atoms with Gasteiger partial charge in [-0.15, -0.1) is 0 Å². The van der Waals surface area contributed by atoms with E-state index in [2.05, 4.69) is 0 Å². The number of carbonyl (C=O) groups excluding carboxylic acids is 2. The summed E-state index contributed by atoms with van der Waals surface area (Å²) in [7, 11) is 1.43. The Morgan fingerprint density at radius 2 is 2.00 bits per heavy atom. The van der Waals surface area contributed by atoms with E-state index < -0.39 is 23.7 Å². The quantitative estimate of drug-likeness (QED) is 0.585. The fraction of sp³-hybridized carbons (Fsp3) is 0.625. The molecule has 0 heterocycles. The molecule has 2 amide bonds. The number of nitrogens with zero attached hydrogens (tertiary/aromatic N) is 1. The number of likely N-dealkylation sites (N-methyl/N-ethyl adjacent to an activating group) is 1. The minimum Gasteiger partial charge on any atom is -0.481 e. The molecule has 6 nitrogen and oxygen atoms in total. The SMILES string of the molecule is CN(CC(N)=O)C(=O)C1CC1C(=O)O. The van der Waals surface area contributed by atoms with E-state index in [1.807, 2.05) is 0 Å². The summed E-state index contributed by atoms with van der Waals surface area (Å²) in [5.41, 5.74) is 4.90. The van der Waals surface area contributed by atoms with Crippen molar-refractivity contribution in [3.8, 4) is 0 Å². The van der Waals surface area contributed by atoms with E-state index in [0.717, 1.165) is 4.90 Å². The number of hydrogen-bond donors (Lipinski definition) is 2. The number of carboxylic acids is 1. The lowest BCUT2D eigenvalue weighted by Crippen LogP contribution is -2.36. The van der Waals surface area contributed by atoms with Gasteiger partial charge < -0.3 is 15.7 Å². The molecule has 0 bridgehead atoms. The third-order valence-corrected chi connectivity index (χ3v) is 2.19. The molecule has 1 rings (SSSR count). The zero-order valence-corrected chi connectivity index (χ0v) is 7.77. The maximum absolute atomic E-state index is 11.4. The summed E-state index contributed by atoms with van der Waals surface area (Å²) in [6.45, 7) is -0.165. The van der Waals surface area contributed by atoms with Crippen LogP contribution in [0.15, 0.2) is 0 Å². The number of primary amides is 1. The Kier molecular flexibility index (Phi) is 2.73. The monoisotopic (exact) mass is 200 g/mol. The molecule has 0 radical (unpaired) electrons. The lowest BCUT2D eigenvalue weighted by molar-refractivity contribution is -0.142. The number of nitrogens with two attached hydrogens (primary N) is 1. The molecule has 1 aliphatic carbocycles. The summed E-state index contributed by atoms with van der Waals surface area (Å²) in [6, 6.07) is 0. The highest BCUT2D eigenvalue weighted by atomic mass is 16.4. The highest BCUT2D eigenvalue weighted by Crippen LogP contribution is 2.39. The van der Waals surface area contributed by atoms with E-state index >= 15 is 0 Å². The van der Waals surface area contributed by atoms with E-state index in [4.69, 9.17) is 10.8 Å². The number of rotatable bonds is 4. The summed E-state index contributed by atoms with van der Waals surface area (Å²) < 4.78 is 0. The fourth-order valence-electron chi connectivity index (χ4n) is 1.34. The number of carbonyl (C=O) groups is 3. The van der Waals surface area contributed by atoms with E-state index in [1.54, 1.807) is 0 Å². The van der Waals surface area contributed by atoms with E-state index in [9.17, 15) is 14.4 Å². The predicted octanol–water partition coefficient (Wildman–Crippen LogP) is -1.35. The zero-order valence-electron chi connectivity index (χ0n) is 7.77. The molecule has 6 heteroatoms. The van der Waals surface area contributed by atoms with Crippen LogP contribution in [0.25, 0.3) is 0 Å². The van der Waals surface area contributed by atoms with Crippen LogP contribution in [0.3, 0.4) is 0 Å². The Morgan fingerprint density at radius 3 is 2.36 bits per heavy atom. The smallest absolute Gasteiger partial charge is 0.307 e. The van der Waals surface area contributed by atoms with Gasteiger partial charge in [-0.3, -0.25) is 14.4 Å². The van der Waals surface area contributed by atoms with E-state index in [0.29, 0.717) is 6.42 Å². The van der Waals surface area contributed by atoms with Crippen LogP contribution in [-0.2, 0) is 14.4 Å². The normalized spacial score (nSPS) is 24.1. The molecule has 14 heavy (non-hydrogen) atoms. The molecule has 1 saturated carbocycles. The first-order valence-corrected chi connectivity index (χ1v) is 4.19. The van der Waals surface area contributed by atoms with Crippen molar-refractivity contribution in [3.63, 3.8) is 0 Å². The van der Waals surface area contributed by atoms with Gasteiger partial charge in [0.25, 0.3) is 0 Å². The summed E-state index contributed by atoms with van der Waals surface area (Å²) in [4.78, 5) is 33.5. The second-order valence-corrected chi connectivity index (χ2v) is 3.45. The van der Waals surface area contributed by atoms with Gasteiger partial charge in [0.05, 0.1) is 18.4 Å². The Morgan fingerprint density at radius 1 is 1.43 bits per heavy atom. The van der Waals surface area contributed by atoms with Crippen LogP contribution in [-0.4, -0.2) is 41.4 Å². The van der Waals surface area contributed by atoms with Gasteiger partial charge in [0.15, 0.2) is 0 Å². The van der Waals surface area contributed by atoms with Gasteiger partial charge in [-0.25, -0.2) is 0 Å². The zero-order chi connectivity index (χ0) is 10.9. The third-order valence-electron chi connectivity index (χ3n) is 2.19. The first-order valence-electron chi connectivity index (χ1n) is 4.19. The van der Waals surface area contributed by atoms with Crippen molar-refractivity contribution >= 4 is 17.8 Å². The van der Waals surface area contributed by atoms with E-state index in [-0.39, 0.29) is 12.5 Å². The van der Waals surface area contributed by atoms with Gasteiger partial charge >= 0.3 is 5.97 Å². The number of carboxylic acid groups (broad SMARTS) is 1. The van der Waals surface area contributed by atoms with Crippen LogP contribution in [0.4, 0.5) is 0 Å². The summed E-state index contributed by atoms with van der Waals surface area (Å²) >= 11 is 0. The van der Waals surface area contributed by atoms with Crippen molar-refractivity contribution < 1.29 is 19.5 Å². The third kappa shape index (κ3) is 2.21. The standard InChI is InChI=1S/C8H12N2O4/c1-10(3-6(9)11)7(12)4-2-5(4)8(13)14/h4-5H,2-3H2,1H3,(H2,9,11)(H,13,14). The van der Waals surface area contributed by atoms with Gasteiger partial charge in [0.1, 0.15) is 0 Å². The molecule has 0 aromatic carbocycles. The molecule has 3 N–H and O–H groups in total. The minimum atomic E-state index is -0.962. The van der Waals surface area contributed by atoms with Gasteiger partial charge in [-0.2, -0.15) is 0 Å². The number of hydrogen-bond acceptors (Lipinski definition) is 3. The molecule has 0 spiro atoms. The van der Waals surface area contributed by atoms with Crippen molar-refractivity contribution in [1.82, 2.24) is 4.90 Å². The fourth-order valence-corrected chi connectivity index (χ4v) is 1.34. The molecule has 2 atom stereocenters. The molecule has 0 aromatic rings. The number of aliphatic carboxylic acids is 1.